The summed E-state index contributed by atoms with van der Waals surface area (Å²) in [5.74, 6) is -0.765. The van der Waals surface area contributed by atoms with Crippen LogP contribution in [0.2, 0.25) is 0 Å². The summed E-state index contributed by atoms with van der Waals surface area (Å²) in [4.78, 5) is 40.0. The van der Waals surface area contributed by atoms with Crippen molar-refractivity contribution in [3.05, 3.63) is 92.8 Å². The van der Waals surface area contributed by atoms with Gasteiger partial charge in [-0.2, -0.15) is 13.2 Å². The van der Waals surface area contributed by atoms with Crippen LogP contribution in [0.3, 0.4) is 0 Å². The SMILES string of the molecule is O=C(Cn1c(=O)ccn(Cc2ccccc2)c1=O)Nc1cc(C(F)(F)F)ccc1N1CCCCC1. The molecule has 1 saturated heterocycles. The number of hydrogen-bond donors (Lipinski definition) is 1. The van der Waals surface area contributed by atoms with E-state index in [1.54, 1.807) is 0 Å². The second kappa shape index (κ2) is 10.2. The number of anilines is 2. The predicted molar refractivity (Wildman–Crippen MR) is 127 cm³/mol. The van der Waals surface area contributed by atoms with Gasteiger partial charge in [0.15, 0.2) is 0 Å². The first-order valence-corrected chi connectivity index (χ1v) is 11.3. The van der Waals surface area contributed by atoms with Gasteiger partial charge >= 0.3 is 11.9 Å². The summed E-state index contributed by atoms with van der Waals surface area (Å²) < 4.78 is 42.1. The average molecular weight is 486 g/mol. The normalized spacial score (nSPS) is 14.1. The van der Waals surface area contributed by atoms with E-state index in [1.165, 1.54) is 22.9 Å². The highest BCUT2D eigenvalue weighted by Crippen LogP contribution is 2.36. The number of carbonyl (C=O) groups excluding carboxylic acids is 1. The van der Waals surface area contributed by atoms with Crippen molar-refractivity contribution >= 4 is 17.3 Å². The van der Waals surface area contributed by atoms with Gasteiger partial charge in [-0.15, -0.1) is 0 Å². The van der Waals surface area contributed by atoms with E-state index in [2.05, 4.69) is 5.32 Å². The molecule has 1 aromatic heterocycles. The number of aromatic nitrogens is 2. The maximum Gasteiger partial charge on any atom is 0.416 e. The number of nitrogens with zero attached hydrogens (tertiary/aromatic N) is 3. The van der Waals surface area contributed by atoms with Gasteiger partial charge in [0.05, 0.1) is 23.5 Å². The van der Waals surface area contributed by atoms with Gasteiger partial charge in [-0.25, -0.2) is 4.79 Å². The van der Waals surface area contributed by atoms with Gasteiger partial charge in [0.25, 0.3) is 5.56 Å². The molecule has 0 unspecified atom stereocenters. The molecule has 1 aliphatic rings. The van der Waals surface area contributed by atoms with Crippen LogP contribution in [0.15, 0.2) is 70.4 Å². The quantitative estimate of drug-likeness (QED) is 0.577. The molecule has 1 N–H and O–H groups in total. The topological polar surface area (TPSA) is 76.3 Å². The molecule has 0 aliphatic carbocycles. The maximum atomic E-state index is 13.3. The molecule has 2 aromatic carbocycles. The van der Waals surface area contributed by atoms with E-state index in [-0.39, 0.29) is 12.2 Å². The lowest BCUT2D eigenvalue weighted by molar-refractivity contribution is -0.137. The van der Waals surface area contributed by atoms with Crippen molar-refractivity contribution in [2.24, 2.45) is 0 Å². The van der Waals surface area contributed by atoms with Gasteiger partial charge in [0.2, 0.25) is 5.91 Å². The van der Waals surface area contributed by atoms with E-state index in [9.17, 15) is 27.6 Å². The second-order valence-electron chi connectivity index (χ2n) is 8.46. The Hall–Kier alpha value is -3.82. The molecule has 1 fully saturated rings. The van der Waals surface area contributed by atoms with Crippen LogP contribution < -0.4 is 21.5 Å². The average Bonchev–Trinajstić information content (AvgIpc) is 2.84. The highest BCUT2D eigenvalue weighted by Gasteiger charge is 2.32. The largest absolute Gasteiger partial charge is 0.416 e. The number of halogens is 3. The van der Waals surface area contributed by atoms with Crippen LogP contribution in [0.25, 0.3) is 0 Å². The standard InChI is InChI=1S/C25H25F3N4O3/c26-25(27,28)19-9-10-21(30-12-5-2-6-13-30)20(15-19)29-22(33)17-32-23(34)11-14-31(24(32)35)16-18-7-3-1-4-8-18/h1,3-4,7-11,14-15H,2,5-6,12-13,16-17H2,(H,29,33). The molecule has 3 aromatic rings. The lowest BCUT2D eigenvalue weighted by Gasteiger charge is -2.31. The predicted octanol–water partition coefficient (Wildman–Crippen LogP) is 3.71. The highest BCUT2D eigenvalue weighted by atomic mass is 19.4. The summed E-state index contributed by atoms with van der Waals surface area (Å²) in [6, 6.07) is 13.5. The van der Waals surface area contributed by atoms with Crippen LogP contribution in [-0.4, -0.2) is 28.1 Å². The van der Waals surface area contributed by atoms with Gasteiger partial charge < -0.3 is 10.2 Å². The van der Waals surface area contributed by atoms with Crippen molar-refractivity contribution in [2.75, 3.05) is 23.3 Å². The Balaban J connectivity index is 1.60. The third kappa shape index (κ3) is 5.82. The fourth-order valence-corrected chi connectivity index (χ4v) is 4.16. The molecule has 0 atom stereocenters. The van der Waals surface area contributed by atoms with E-state index in [0.717, 1.165) is 41.5 Å². The van der Waals surface area contributed by atoms with Gasteiger partial charge in [-0.05, 0) is 43.0 Å². The van der Waals surface area contributed by atoms with Crippen molar-refractivity contribution in [2.45, 2.75) is 38.5 Å². The fourth-order valence-electron chi connectivity index (χ4n) is 4.16. The number of hydrogen-bond acceptors (Lipinski definition) is 4. The Morgan fingerprint density at radius 3 is 2.34 bits per heavy atom. The molecular formula is C25H25F3N4O3. The van der Waals surface area contributed by atoms with Gasteiger partial charge in [0.1, 0.15) is 6.54 Å². The zero-order valence-corrected chi connectivity index (χ0v) is 18.9. The summed E-state index contributed by atoms with van der Waals surface area (Å²) in [5.41, 5.74) is -0.935. The maximum absolute atomic E-state index is 13.3. The van der Waals surface area contributed by atoms with Crippen LogP contribution in [0, 0.1) is 0 Å². The zero-order valence-electron chi connectivity index (χ0n) is 18.9. The van der Waals surface area contributed by atoms with Crippen LogP contribution in [0.1, 0.15) is 30.4 Å². The fraction of sp³-hybridized carbons (Fsp3) is 0.320. The highest BCUT2D eigenvalue weighted by molar-refractivity contribution is 5.94. The first kappa shape index (κ1) is 24.3. The number of piperidine rings is 1. The number of carbonyl (C=O) groups is 1. The minimum Gasteiger partial charge on any atom is -0.370 e. The molecular weight excluding hydrogens is 461 g/mol. The smallest absolute Gasteiger partial charge is 0.370 e. The van der Waals surface area contributed by atoms with Crippen molar-refractivity contribution in [1.29, 1.82) is 0 Å². The summed E-state index contributed by atoms with van der Waals surface area (Å²) in [5, 5.41) is 2.50. The van der Waals surface area contributed by atoms with Crippen LogP contribution in [0.4, 0.5) is 24.5 Å². The molecule has 1 aliphatic heterocycles. The van der Waals surface area contributed by atoms with Crippen LogP contribution >= 0.6 is 0 Å². The first-order chi connectivity index (χ1) is 16.7. The molecule has 0 radical (unpaired) electrons. The number of nitrogens with one attached hydrogen (secondary N) is 1. The van der Waals surface area contributed by atoms with E-state index >= 15 is 0 Å². The van der Waals surface area contributed by atoms with Gasteiger partial charge in [0, 0.05) is 25.4 Å². The molecule has 184 valence electrons. The van der Waals surface area contributed by atoms with E-state index in [0.29, 0.717) is 18.8 Å². The molecule has 4 rings (SSSR count). The van der Waals surface area contributed by atoms with Gasteiger partial charge in [-0.3, -0.25) is 18.7 Å². The lowest BCUT2D eigenvalue weighted by Crippen LogP contribution is -2.42. The molecule has 7 nitrogen and oxygen atoms in total. The minimum atomic E-state index is -4.58. The summed E-state index contributed by atoms with van der Waals surface area (Å²) in [7, 11) is 0. The minimum absolute atomic E-state index is 0.000293. The Morgan fingerprint density at radius 1 is 0.943 bits per heavy atom. The monoisotopic (exact) mass is 486 g/mol. The number of benzene rings is 2. The molecule has 0 spiro atoms. The summed E-state index contributed by atoms with van der Waals surface area (Å²) in [6.07, 6.45) is -0.399. The summed E-state index contributed by atoms with van der Waals surface area (Å²) in [6.45, 7) is 0.907. The van der Waals surface area contributed by atoms with E-state index in [4.69, 9.17) is 0 Å². The number of rotatable bonds is 6. The third-order valence-electron chi connectivity index (χ3n) is 5.93. The number of amides is 1. The molecule has 10 heteroatoms. The number of alkyl halides is 3. The third-order valence-corrected chi connectivity index (χ3v) is 5.93. The van der Waals surface area contributed by atoms with Crippen LogP contribution in [0.5, 0.6) is 0 Å². The molecule has 0 bridgehead atoms. The summed E-state index contributed by atoms with van der Waals surface area (Å²) >= 11 is 0. The van der Waals surface area contributed by atoms with Crippen LogP contribution in [-0.2, 0) is 24.1 Å². The Morgan fingerprint density at radius 2 is 1.66 bits per heavy atom. The first-order valence-electron chi connectivity index (χ1n) is 11.3. The Labute approximate surface area is 199 Å². The molecule has 2 heterocycles. The second-order valence-corrected chi connectivity index (χ2v) is 8.46. The molecule has 35 heavy (non-hydrogen) atoms. The molecule has 0 saturated carbocycles. The molecule has 1 amide bonds. The van der Waals surface area contributed by atoms with Crippen molar-refractivity contribution in [3.63, 3.8) is 0 Å². The van der Waals surface area contributed by atoms with Gasteiger partial charge in [-0.1, -0.05) is 30.3 Å². The van der Waals surface area contributed by atoms with E-state index in [1.807, 2.05) is 35.2 Å². The zero-order chi connectivity index (χ0) is 25.0. The lowest BCUT2D eigenvalue weighted by atomic mass is 10.1. The Bertz CT molecular complexity index is 1310. The van der Waals surface area contributed by atoms with Crippen molar-refractivity contribution < 1.29 is 18.0 Å². The van der Waals surface area contributed by atoms with Crippen molar-refractivity contribution in [1.82, 2.24) is 9.13 Å². The Kier molecular flexibility index (Phi) is 7.09. The van der Waals surface area contributed by atoms with Crippen molar-refractivity contribution in [3.8, 4) is 0 Å². The van der Waals surface area contributed by atoms with E-state index < -0.39 is 35.4 Å².